The summed E-state index contributed by atoms with van der Waals surface area (Å²) >= 11 is 0. The van der Waals surface area contributed by atoms with E-state index >= 15 is 0 Å². The fourth-order valence-electron chi connectivity index (χ4n) is 1.92. The lowest BCUT2D eigenvalue weighted by Crippen LogP contribution is -2.52. The molecule has 1 atom stereocenters. The summed E-state index contributed by atoms with van der Waals surface area (Å²) in [5.41, 5.74) is 5.54. The molecule has 1 aliphatic heterocycles. The normalized spacial score (nSPS) is 26.2. The first-order valence-electron chi connectivity index (χ1n) is 5.05. The van der Waals surface area contributed by atoms with Crippen LogP contribution in [0.25, 0.3) is 0 Å². The van der Waals surface area contributed by atoms with Crippen molar-refractivity contribution in [2.24, 2.45) is 5.73 Å². The molecule has 1 unspecified atom stereocenters. The number of nitrogens with two attached hydrogens (primary N) is 1. The van der Waals surface area contributed by atoms with E-state index in [-0.39, 0.29) is 0 Å². The molecule has 3 nitrogen and oxygen atoms in total. The van der Waals surface area contributed by atoms with Gasteiger partial charge < -0.3 is 5.73 Å². The highest BCUT2D eigenvalue weighted by Gasteiger charge is 2.21. The Morgan fingerprint density at radius 3 is 2.85 bits per heavy atom. The van der Waals surface area contributed by atoms with Crippen molar-refractivity contribution in [1.29, 1.82) is 0 Å². The van der Waals surface area contributed by atoms with Crippen LogP contribution in [0.1, 0.15) is 6.92 Å². The standard InChI is InChI=1S/C10H21N3/c1-3-5-12-7-8-13(6-4-11)10(2)9-12/h3,10H,1,4-9,11H2,2H3. The molecule has 0 radical (unpaired) electrons. The third-order valence-electron chi connectivity index (χ3n) is 2.65. The lowest BCUT2D eigenvalue weighted by atomic mass is 10.2. The summed E-state index contributed by atoms with van der Waals surface area (Å²) in [6.07, 6.45) is 1.98. The van der Waals surface area contributed by atoms with E-state index in [4.69, 9.17) is 5.73 Å². The molecule has 76 valence electrons. The van der Waals surface area contributed by atoms with E-state index in [1.54, 1.807) is 0 Å². The Bertz CT molecular complexity index is 158. The van der Waals surface area contributed by atoms with Crippen molar-refractivity contribution in [1.82, 2.24) is 9.80 Å². The Morgan fingerprint density at radius 2 is 2.31 bits per heavy atom. The Hall–Kier alpha value is -0.380. The van der Waals surface area contributed by atoms with Crippen LogP contribution in [0.2, 0.25) is 0 Å². The highest BCUT2D eigenvalue weighted by atomic mass is 15.3. The minimum atomic E-state index is 0.636. The van der Waals surface area contributed by atoms with Crippen molar-refractivity contribution in [3.8, 4) is 0 Å². The zero-order chi connectivity index (χ0) is 9.68. The number of hydrogen-bond acceptors (Lipinski definition) is 3. The molecule has 1 fully saturated rings. The van der Waals surface area contributed by atoms with Gasteiger partial charge in [0.2, 0.25) is 0 Å². The maximum Gasteiger partial charge on any atom is 0.0196 e. The Balaban J connectivity index is 2.32. The van der Waals surface area contributed by atoms with Gasteiger partial charge >= 0.3 is 0 Å². The van der Waals surface area contributed by atoms with E-state index in [2.05, 4.69) is 23.3 Å². The number of rotatable bonds is 4. The van der Waals surface area contributed by atoms with Gasteiger partial charge in [-0.2, -0.15) is 0 Å². The highest BCUT2D eigenvalue weighted by Crippen LogP contribution is 2.07. The number of hydrogen-bond donors (Lipinski definition) is 1. The predicted octanol–water partition coefficient (Wildman–Crippen LogP) is 0.137. The third kappa shape index (κ3) is 3.10. The largest absolute Gasteiger partial charge is 0.329 e. The Kier molecular flexibility index (Phi) is 4.42. The zero-order valence-corrected chi connectivity index (χ0v) is 8.58. The minimum Gasteiger partial charge on any atom is -0.329 e. The number of nitrogens with zero attached hydrogens (tertiary/aromatic N) is 2. The minimum absolute atomic E-state index is 0.636. The lowest BCUT2D eigenvalue weighted by molar-refractivity contribution is 0.0940. The van der Waals surface area contributed by atoms with Crippen LogP contribution in [0.15, 0.2) is 12.7 Å². The molecule has 0 bridgehead atoms. The molecule has 0 aromatic heterocycles. The summed E-state index contributed by atoms with van der Waals surface area (Å²) in [5, 5.41) is 0. The SMILES string of the molecule is C=CCN1CCN(CCN)C(C)C1. The molecule has 0 saturated carbocycles. The van der Waals surface area contributed by atoms with Gasteiger partial charge in [-0.15, -0.1) is 6.58 Å². The maximum atomic E-state index is 5.54. The monoisotopic (exact) mass is 183 g/mol. The summed E-state index contributed by atoms with van der Waals surface area (Å²) in [7, 11) is 0. The van der Waals surface area contributed by atoms with Gasteiger partial charge in [-0.3, -0.25) is 9.80 Å². The molecule has 2 N–H and O–H groups in total. The van der Waals surface area contributed by atoms with E-state index < -0.39 is 0 Å². The topological polar surface area (TPSA) is 32.5 Å². The second-order valence-electron chi connectivity index (χ2n) is 3.72. The van der Waals surface area contributed by atoms with Crippen molar-refractivity contribution >= 4 is 0 Å². The van der Waals surface area contributed by atoms with Gasteiger partial charge in [-0.25, -0.2) is 0 Å². The second-order valence-corrected chi connectivity index (χ2v) is 3.72. The van der Waals surface area contributed by atoms with Crippen LogP contribution in [-0.4, -0.2) is 55.1 Å². The average Bonchev–Trinajstić information content (AvgIpc) is 2.10. The smallest absolute Gasteiger partial charge is 0.0196 e. The van der Waals surface area contributed by atoms with E-state index in [0.29, 0.717) is 6.04 Å². The molecule has 0 aliphatic carbocycles. The van der Waals surface area contributed by atoms with Gasteiger partial charge in [0, 0.05) is 45.3 Å². The first kappa shape index (κ1) is 10.7. The van der Waals surface area contributed by atoms with Crippen LogP contribution in [0.4, 0.5) is 0 Å². The Labute approximate surface area is 81.2 Å². The summed E-state index contributed by atoms with van der Waals surface area (Å²) in [6, 6.07) is 0.636. The van der Waals surface area contributed by atoms with E-state index in [1.807, 2.05) is 6.08 Å². The van der Waals surface area contributed by atoms with Crippen molar-refractivity contribution in [3.05, 3.63) is 12.7 Å². The van der Waals surface area contributed by atoms with Crippen LogP contribution in [0.5, 0.6) is 0 Å². The molecule has 1 rings (SSSR count). The molecular weight excluding hydrogens is 162 g/mol. The van der Waals surface area contributed by atoms with Crippen LogP contribution in [-0.2, 0) is 0 Å². The van der Waals surface area contributed by atoms with Gasteiger partial charge in [0.1, 0.15) is 0 Å². The highest BCUT2D eigenvalue weighted by molar-refractivity contribution is 4.83. The lowest BCUT2D eigenvalue weighted by Gasteiger charge is -2.39. The molecule has 0 amide bonds. The summed E-state index contributed by atoms with van der Waals surface area (Å²) < 4.78 is 0. The Morgan fingerprint density at radius 1 is 1.54 bits per heavy atom. The first-order valence-corrected chi connectivity index (χ1v) is 5.05. The molecule has 1 aliphatic rings. The van der Waals surface area contributed by atoms with E-state index in [1.165, 1.54) is 0 Å². The van der Waals surface area contributed by atoms with Gasteiger partial charge in [0.05, 0.1) is 0 Å². The summed E-state index contributed by atoms with van der Waals surface area (Å²) in [6.45, 7) is 12.3. The summed E-state index contributed by atoms with van der Waals surface area (Å²) in [5.74, 6) is 0. The molecule has 1 heterocycles. The quantitative estimate of drug-likeness (QED) is 0.629. The van der Waals surface area contributed by atoms with Gasteiger partial charge in [0.15, 0.2) is 0 Å². The predicted molar refractivity (Wildman–Crippen MR) is 56.7 cm³/mol. The van der Waals surface area contributed by atoms with Crippen LogP contribution in [0, 0.1) is 0 Å². The third-order valence-corrected chi connectivity index (χ3v) is 2.65. The van der Waals surface area contributed by atoms with Crippen molar-refractivity contribution < 1.29 is 0 Å². The fourth-order valence-corrected chi connectivity index (χ4v) is 1.92. The van der Waals surface area contributed by atoms with Gasteiger partial charge in [0.25, 0.3) is 0 Å². The molecular formula is C10H21N3. The maximum absolute atomic E-state index is 5.54. The summed E-state index contributed by atoms with van der Waals surface area (Å²) in [4.78, 5) is 4.89. The van der Waals surface area contributed by atoms with Crippen LogP contribution in [0.3, 0.4) is 0 Å². The van der Waals surface area contributed by atoms with Crippen molar-refractivity contribution in [2.45, 2.75) is 13.0 Å². The van der Waals surface area contributed by atoms with Gasteiger partial charge in [-0.05, 0) is 6.92 Å². The van der Waals surface area contributed by atoms with Gasteiger partial charge in [-0.1, -0.05) is 6.08 Å². The molecule has 0 aromatic carbocycles. The van der Waals surface area contributed by atoms with Crippen molar-refractivity contribution in [3.63, 3.8) is 0 Å². The van der Waals surface area contributed by atoms with Crippen molar-refractivity contribution in [2.75, 3.05) is 39.3 Å². The average molecular weight is 183 g/mol. The second kappa shape index (κ2) is 5.37. The van der Waals surface area contributed by atoms with Crippen LogP contribution < -0.4 is 5.73 Å². The fraction of sp³-hybridized carbons (Fsp3) is 0.800. The molecule has 1 saturated heterocycles. The molecule has 0 spiro atoms. The number of piperazine rings is 1. The first-order chi connectivity index (χ1) is 6.27. The molecule has 0 aromatic rings. The van der Waals surface area contributed by atoms with E-state index in [9.17, 15) is 0 Å². The van der Waals surface area contributed by atoms with E-state index in [0.717, 1.165) is 39.3 Å². The van der Waals surface area contributed by atoms with Crippen LogP contribution >= 0.6 is 0 Å². The zero-order valence-electron chi connectivity index (χ0n) is 8.58. The molecule has 13 heavy (non-hydrogen) atoms. The molecule has 3 heteroatoms.